The summed E-state index contributed by atoms with van der Waals surface area (Å²) in [7, 11) is 0. The van der Waals surface area contributed by atoms with Gasteiger partial charge in [0.1, 0.15) is 17.2 Å². The van der Waals surface area contributed by atoms with Gasteiger partial charge in [0, 0.05) is 31.0 Å². The van der Waals surface area contributed by atoms with Crippen molar-refractivity contribution in [2.24, 2.45) is 0 Å². The number of carbonyl (C=O) groups is 2. The first-order chi connectivity index (χ1) is 7.97. The Morgan fingerprint density at radius 3 is 2.24 bits per heavy atom. The van der Waals surface area contributed by atoms with Crippen LogP contribution in [0.25, 0.3) is 0 Å². The molecule has 0 radical (unpaired) electrons. The third-order valence-corrected chi connectivity index (χ3v) is 2.05. The fourth-order valence-electron chi connectivity index (χ4n) is 1.18. The number of rotatable bonds is 5. The fourth-order valence-corrected chi connectivity index (χ4v) is 1.31. The normalized spacial score (nSPS) is 9.94. The van der Waals surface area contributed by atoms with Gasteiger partial charge in [0.05, 0.1) is 0 Å². The molecular weight excluding hydrogens is 248 g/mol. The van der Waals surface area contributed by atoms with E-state index in [1.54, 1.807) is 0 Å². The Hall–Kier alpha value is -1.75. The van der Waals surface area contributed by atoms with Crippen LogP contribution in [0.15, 0.2) is 18.2 Å². The van der Waals surface area contributed by atoms with E-state index in [0.29, 0.717) is 6.42 Å². The Labute approximate surface area is 103 Å². The summed E-state index contributed by atoms with van der Waals surface area (Å²) in [5, 5.41) is 17.8. The molecule has 0 fully saturated rings. The summed E-state index contributed by atoms with van der Waals surface area (Å²) in [6.45, 7) is 0. The van der Waals surface area contributed by atoms with E-state index >= 15 is 0 Å². The molecule has 0 saturated heterocycles. The van der Waals surface area contributed by atoms with Gasteiger partial charge in [-0.1, -0.05) is 0 Å². The van der Waals surface area contributed by atoms with E-state index < -0.39 is 11.2 Å². The monoisotopic (exact) mass is 258 g/mol. The summed E-state index contributed by atoms with van der Waals surface area (Å²) >= 11 is 5.11. The van der Waals surface area contributed by atoms with Gasteiger partial charge in [-0.15, -0.1) is 0 Å². The third kappa shape index (κ3) is 5.21. The fraction of sp³-hybridized carbons (Fsp3) is 0.273. The number of halogens is 1. The maximum Gasteiger partial charge on any atom is 0.311 e. The van der Waals surface area contributed by atoms with Crippen LogP contribution in [0, 0.1) is 0 Å². The lowest BCUT2D eigenvalue weighted by molar-refractivity contribution is -0.134. The molecule has 1 aromatic rings. The highest BCUT2D eigenvalue weighted by Crippen LogP contribution is 2.26. The first kappa shape index (κ1) is 13.3. The van der Waals surface area contributed by atoms with Crippen LogP contribution in [-0.2, 0) is 9.59 Å². The first-order valence-electron chi connectivity index (χ1n) is 4.89. The lowest BCUT2D eigenvalue weighted by Crippen LogP contribution is -2.07. The zero-order chi connectivity index (χ0) is 12.8. The molecular formula is C11H11ClO5. The summed E-state index contributed by atoms with van der Waals surface area (Å²) in [6.07, 6.45) is 0.433. The highest BCUT2D eigenvalue weighted by Gasteiger charge is 2.08. The van der Waals surface area contributed by atoms with Crippen LogP contribution in [0.5, 0.6) is 17.2 Å². The van der Waals surface area contributed by atoms with Gasteiger partial charge in [-0.25, -0.2) is 0 Å². The van der Waals surface area contributed by atoms with Crippen LogP contribution in [0.4, 0.5) is 0 Å². The average molecular weight is 259 g/mol. The number of phenols is 2. The number of benzene rings is 1. The topological polar surface area (TPSA) is 83.8 Å². The van der Waals surface area contributed by atoms with Crippen LogP contribution in [0.2, 0.25) is 0 Å². The lowest BCUT2D eigenvalue weighted by Gasteiger charge is -2.04. The molecule has 17 heavy (non-hydrogen) atoms. The van der Waals surface area contributed by atoms with E-state index in [1.807, 2.05) is 0 Å². The Bertz CT molecular complexity index is 410. The summed E-state index contributed by atoms with van der Waals surface area (Å²) in [5.41, 5.74) is 0. The number of ether oxygens (including phenoxy) is 1. The van der Waals surface area contributed by atoms with Crippen molar-refractivity contribution in [2.75, 3.05) is 0 Å². The summed E-state index contributed by atoms with van der Waals surface area (Å²) in [5.74, 6) is -0.926. The molecule has 0 amide bonds. The molecule has 0 aliphatic carbocycles. The molecule has 6 heteroatoms. The molecule has 0 saturated carbocycles. The van der Waals surface area contributed by atoms with Gasteiger partial charge >= 0.3 is 5.97 Å². The van der Waals surface area contributed by atoms with Gasteiger partial charge in [-0.2, -0.15) is 0 Å². The molecule has 92 valence electrons. The second-order valence-electron chi connectivity index (χ2n) is 3.37. The van der Waals surface area contributed by atoms with Crippen molar-refractivity contribution in [2.45, 2.75) is 19.3 Å². The van der Waals surface area contributed by atoms with Crippen molar-refractivity contribution >= 4 is 22.8 Å². The lowest BCUT2D eigenvalue weighted by atomic mass is 10.2. The number of aromatic hydroxyl groups is 2. The molecule has 1 rings (SSSR count). The number of hydrogen-bond acceptors (Lipinski definition) is 5. The molecule has 0 aliphatic rings. The maximum atomic E-state index is 11.3. The molecule has 1 aromatic carbocycles. The molecule has 0 aliphatic heterocycles. The summed E-state index contributed by atoms with van der Waals surface area (Å²) in [6, 6.07) is 3.51. The van der Waals surface area contributed by atoms with E-state index in [4.69, 9.17) is 26.6 Å². The molecule has 0 aromatic heterocycles. The standard InChI is InChI=1S/C11H11ClO5/c12-10(15)2-1-3-11(16)17-9-5-7(13)4-8(14)6-9/h4-6,13-14H,1-3H2. The van der Waals surface area contributed by atoms with Crippen molar-refractivity contribution in [3.63, 3.8) is 0 Å². The minimum Gasteiger partial charge on any atom is -0.508 e. The SMILES string of the molecule is O=C(Cl)CCCC(=O)Oc1cc(O)cc(O)c1. The second-order valence-corrected chi connectivity index (χ2v) is 3.79. The van der Waals surface area contributed by atoms with Crippen molar-refractivity contribution in [3.05, 3.63) is 18.2 Å². The van der Waals surface area contributed by atoms with E-state index in [-0.39, 0.29) is 30.1 Å². The molecule has 0 spiro atoms. The largest absolute Gasteiger partial charge is 0.508 e. The van der Waals surface area contributed by atoms with Gasteiger partial charge in [0.25, 0.3) is 0 Å². The minimum absolute atomic E-state index is 0.0366. The molecule has 0 atom stereocenters. The van der Waals surface area contributed by atoms with Gasteiger partial charge in [-0.3, -0.25) is 9.59 Å². The van der Waals surface area contributed by atoms with Crippen LogP contribution >= 0.6 is 11.6 Å². The maximum absolute atomic E-state index is 11.3. The zero-order valence-electron chi connectivity index (χ0n) is 8.85. The molecule has 5 nitrogen and oxygen atoms in total. The Kier molecular flexibility index (Phi) is 4.78. The third-order valence-electron chi connectivity index (χ3n) is 1.86. The number of esters is 1. The average Bonchev–Trinajstić information content (AvgIpc) is 2.14. The minimum atomic E-state index is -0.562. The van der Waals surface area contributed by atoms with E-state index in [9.17, 15) is 9.59 Å². The first-order valence-corrected chi connectivity index (χ1v) is 5.27. The smallest absolute Gasteiger partial charge is 0.311 e. The zero-order valence-corrected chi connectivity index (χ0v) is 9.61. The molecule has 0 heterocycles. The van der Waals surface area contributed by atoms with Crippen molar-refractivity contribution < 1.29 is 24.5 Å². The molecule has 0 bridgehead atoms. The predicted molar refractivity (Wildman–Crippen MR) is 60.1 cm³/mol. The van der Waals surface area contributed by atoms with Crippen molar-refractivity contribution in [1.29, 1.82) is 0 Å². The van der Waals surface area contributed by atoms with Crippen LogP contribution < -0.4 is 4.74 Å². The van der Waals surface area contributed by atoms with Crippen LogP contribution in [-0.4, -0.2) is 21.4 Å². The van der Waals surface area contributed by atoms with E-state index in [2.05, 4.69) is 0 Å². The van der Waals surface area contributed by atoms with E-state index in [0.717, 1.165) is 6.07 Å². The number of hydrogen-bond donors (Lipinski definition) is 2. The molecule has 0 unspecified atom stereocenters. The van der Waals surface area contributed by atoms with Crippen molar-refractivity contribution in [3.8, 4) is 17.2 Å². The predicted octanol–water partition coefficient (Wildman–Crippen LogP) is 1.94. The number of phenolic OH excluding ortho intramolecular Hbond substituents is 2. The Morgan fingerprint density at radius 1 is 1.12 bits per heavy atom. The summed E-state index contributed by atoms with van der Waals surface area (Å²) < 4.78 is 4.84. The highest BCUT2D eigenvalue weighted by molar-refractivity contribution is 6.63. The van der Waals surface area contributed by atoms with Gasteiger partial charge in [0.2, 0.25) is 5.24 Å². The van der Waals surface area contributed by atoms with Gasteiger partial charge in [0.15, 0.2) is 0 Å². The summed E-state index contributed by atoms with van der Waals surface area (Å²) in [4.78, 5) is 21.7. The van der Waals surface area contributed by atoms with Crippen LogP contribution in [0.3, 0.4) is 0 Å². The van der Waals surface area contributed by atoms with E-state index in [1.165, 1.54) is 12.1 Å². The Morgan fingerprint density at radius 2 is 1.71 bits per heavy atom. The highest BCUT2D eigenvalue weighted by atomic mass is 35.5. The van der Waals surface area contributed by atoms with Crippen LogP contribution in [0.1, 0.15) is 19.3 Å². The molecule has 2 N–H and O–H groups in total. The number of carbonyl (C=O) groups excluding carboxylic acids is 2. The second kappa shape index (κ2) is 6.10. The Balaban J connectivity index is 2.47. The van der Waals surface area contributed by atoms with Crippen molar-refractivity contribution in [1.82, 2.24) is 0 Å². The van der Waals surface area contributed by atoms with Gasteiger partial charge in [-0.05, 0) is 18.0 Å². The quantitative estimate of drug-likeness (QED) is 0.479. The van der Waals surface area contributed by atoms with Gasteiger partial charge < -0.3 is 14.9 Å².